The summed E-state index contributed by atoms with van der Waals surface area (Å²) in [4.78, 5) is 18.0. The van der Waals surface area contributed by atoms with Crippen LogP contribution in [0.4, 0.5) is 5.69 Å². The Morgan fingerprint density at radius 1 is 1.14 bits per heavy atom. The number of nitrogens with zero attached hydrogens (tertiary/aromatic N) is 2. The van der Waals surface area contributed by atoms with Gasteiger partial charge in [0.15, 0.2) is 5.78 Å². The van der Waals surface area contributed by atoms with Crippen LogP contribution < -0.4 is 0 Å². The van der Waals surface area contributed by atoms with Gasteiger partial charge in [-0.05, 0) is 36.8 Å². The molecule has 0 saturated carbocycles. The second-order valence-electron chi connectivity index (χ2n) is 5.25. The zero-order valence-corrected chi connectivity index (χ0v) is 12.5. The number of Topliss-reactive ketones (excluding diaryl/α,β-unsaturated/α-hetero) is 1. The van der Waals surface area contributed by atoms with E-state index in [-0.39, 0.29) is 5.78 Å². The molecule has 2 aromatic rings. The Hall–Kier alpha value is -2.62. The van der Waals surface area contributed by atoms with E-state index in [1.807, 2.05) is 30.3 Å². The van der Waals surface area contributed by atoms with Gasteiger partial charge in [0.2, 0.25) is 0 Å². The molecule has 0 spiro atoms. The van der Waals surface area contributed by atoms with Crippen LogP contribution in [0.1, 0.15) is 22.8 Å². The highest BCUT2D eigenvalue weighted by molar-refractivity contribution is 5.94. The van der Waals surface area contributed by atoms with Crippen LogP contribution in [-0.2, 0) is 11.3 Å². The predicted molar refractivity (Wildman–Crippen MR) is 86.3 cm³/mol. The highest BCUT2D eigenvalue weighted by Gasteiger charge is 2.20. The van der Waals surface area contributed by atoms with Crippen LogP contribution in [0, 0.1) is 0 Å². The molecule has 4 nitrogen and oxygen atoms in total. The quantitative estimate of drug-likeness (QED) is 0.811. The van der Waals surface area contributed by atoms with E-state index in [1.54, 1.807) is 19.1 Å². The SMILES string of the molecule is CC(=O)c1ccc(N=C2OCCN2Cc2ccccc2)cc1. The molecule has 0 amide bonds. The first-order valence-corrected chi connectivity index (χ1v) is 7.34. The number of benzene rings is 2. The Kier molecular flexibility index (Phi) is 4.19. The maximum absolute atomic E-state index is 11.3. The van der Waals surface area contributed by atoms with E-state index >= 15 is 0 Å². The van der Waals surface area contributed by atoms with Crippen LogP contribution in [-0.4, -0.2) is 29.9 Å². The van der Waals surface area contributed by atoms with E-state index in [4.69, 9.17) is 4.74 Å². The Labute approximate surface area is 130 Å². The lowest BCUT2D eigenvalue weighted by Gasteiger charge is -2.15. The molecule has 0 atom stereocenters. The highest BCUT2D eigenvalue weighted by atomic mass is 16.5. The molecule has 1 aliphatic heterocycles. The number of aliphatic imine (C=N–C) groups is 1. The molecule has 1 fully saturated rings. The minimum absolute atomic E-state index is 0.0574. The summed E-state index contributed by atoms with van der Waals surface area (Å²) in [7, 11) is 0. The smallest absolute Gasteiger partial charge is 0.293 e. The second-order valence-corrected chi connectivity index (χ2v) is 5.25. The van der Waals surface area contributed by atoms with Crippen molar-refractivity contribution in [3.05, 3.63) is 65.7 Å². The van der Waals surface area contributed by atoms with E-state index in [0.29, 0.717) is 18.2 Å². The zero-order chi connectivity index (χ0) is 15.4. The van der Waals surface area contributed by atoms with Gasteiger partial charge >= 0.3 is 0 Å². The van der Waals surface area contributed by atoms with Gasteiger partial charge < -0.3 is 9.64 Å². The van der Waals surface area contributed by atoms with Crippen molar-refractivity contribution in [2.75, 3.05) is 13.2 Å². The average molecular weight is 294 g/mol. The van der Waals surface area contributed by atoms with Gasteiger partial charge in [-0.3, -0.25) is 4.79 Å². The molecule has 2 aromatic carbocycles. The lowest BCUT2D eigenvalue weighted by atomic mass is 10.1. The third kappa shape index (κ3) is 3.34. The fourth-order valence-corrected chi connectivity index (χ4v) is 2.37. The first-order valence-electron chi connectivity index (χ1n) is 7.34. The Bertz CT molecular complexity index is 678. The monoisotopic (exact) mass is 294 g/mol. The van der Waals surface area contributed by atoms with E-state index in [2.05, 4.69) is 22.0 Å². The van der Waals surface area contributed by atoms with Crippen LogP contribution in [0.5, 0.6) is 0 Å². The van der Waals surface area contributed by atoms with E-state index < -0.39 is 0 Å². The van der Waals surface area contributed by atoms with Gasteiger partial charge in [0.05, 0.1) is 12.2 Å². The van der Waals surface area contributed by atoms with Crippen LogP contribution in [0.25, 0.3) is 0 Å². The van der Waals surface area contributed by atoms with Crippen molar-refractivity contribution in [2.45, 2.75) is 13.5 Å². The van der Waals surface area contributed by atoms with Gasteiger partial charge in [0.25, 0.3) is 6.02 Å². The third-order valence-corrected chi connectivity index (χ3v) is 3.58. The molecule has 3 rings (SSSR count). The van der Waals surface area contributed by atoms with Crippen molar-refractivity contribution in [2.24, 2.45) is 4.99 Å². The maximum Gasteiger partial charge on any atom is 0.293 e. The summed E-state index contributed by atoms with van der Waals surface area (Å²) in [6, 6.07) is 18.2. The number of rotatable bonds is 4. The largest absolute Gasteiger partial charge is 0.463 e. The second kappa shape index (κ2) is 6.43. The molecule has 0 aliphatic carbocycles. The van der Waals surface area contributed by atoms with Crippen LogP contribution >= 0.6 is 0 Å². The number of amidine groups is 1. The number of ether oxygens (including phenoxy) is 1. The van der Waals surface area contributed by atoms with Crippen molar-refractivity contribution in [1.82, 2.24) is 4.90 Å². The minimum atomic E-state index is 0.0574. The van der Waals surface area contributed by atoms with Crippen molar-refractivity contribution in [3.8, 4) is 0 Å². The molecule has 0 aromatic heterocycles. The first-order chi connectivity index (χ1) is 10.7. The van der Waals surface area contributed by atoms with Gasteiger partial charge in [-0.15, -0.1) is 0 Å². The third-order valence-electron chi connectivity index (χ3n) is 3.58. The van der Waals surface area contributed by atoms with Gasteiger partial charge in [0, 0.05) is 12.1 Å². The fraction of sp³-hybridized carbons (Fsp3) is 0.222. The summed E-state index contributed by atoms with van der Waals surface area (Å²) < 4.78 is 5.63. The summed E-state index contributed by atoms with van der Waals surface area (Å²) >= 11 is 0. The molecule has 1 saturated heterocycles. The van der Waals surface area contributed by atoms with Crippen molar-refractivity contribution in [3.63, 3.8) is 0 Å². The number of ketones is 1. The molecule has 22 heavy (non-hydrogen) atoms. The number of carbonyl (C=O) groups is 1. The first kappa shape index (κ1) is 14.3. The van der Waals surface area contributed by atoms with E-state index in [9.17, 15) is 4.79 Å². The topological polar surface area (TPSA) is 41.9 Å². The van der Waals surface area contributed by atoms with Crippen molar-refractivity contribution >= 4 is 17.5 Å². The molecule has 0 N–H and O–H groups in total. The van der Waals surface area contributed by atoms with Gasteiger partial charge in [-0.25, -0.2) is 0 Å². The van der Waals surface area contributed by atoms with Crippen LogP contribution in [0.2, 0.25) is 0 Å². The molecule has 112 valence electrons. The molecular formula is C18H18N2O2. The Balaban J connectivity index is 1.76. The van der Waals surface area contributed by atoms with Gasteiger partial charge in [-0.2, -0.15) is 4.99 Å². The summed E-state index contributed by atoms with van der Waals surface area (Å²) in [5.74, 6) is 0.0574. The van der Waals surface area contributed by atoms with Gasteiger partial charge in [-0.1, -0.05) is 30.3 Å². The highest BCUT2D eigenvalue weighted by Crippen LogP contribution is 2.18. The molecule has 0 radical (unpaired) electrons. The Morgan fingerprint density at radius 3 is 2.55 bits per heavy atom. The van der Waals surface area contributed by atoms with E-state index in [1.165, 1.54) is 5.56 Å². The van der Waals surface area contributed by atoms with Gasteiger partial charge in [0.1, 0.15) is 6.61 Å². The molecule has 1 aliphatic rings. The predicted octanol–water partition coefficient (Wildman–Crippen LogP) is 3.41. The number of carbonyl (C=O) groups excluding carboxylic acids is 1. The maximum atomic E-state index is 11.3. The zero-order valence-electron chi connectivity index (χ0n) is 12.5. The summed E-state index contributed by atoms with van der Waals surface area (Å²) in [6.45, 7) is 3.82. The van der Waals surface area contributed by atoms with Crippen molar-refractivity contribution < 1.29 is 9.53 Å². The lowest BCUT2D eigenvalue weighted by molar-refractivity contribution is 0.101. The Morgan fingerprint density at radius 2 is 1.86 bits per heavy atom. The molecule has 0 unspecified atom stereocenters. The summed E-state index contributed by atoms with van der Waals surface area (Å²) in [6.07, 6.45) is 0. The van der Waals surface area contributed by atoms with Crippen molar-refractivity contribution in [1.29, 1.82) is 0 Å². The number of hydrogen-bond acceptors (Lipinski definition) is 3. The van der Waals surface area contributed by atoms with Crippen LogP contribution in [0.15, 0.2) is 59.6 Å². The molecule has 0 bridgehead atoms. The van der Waals surface area contributed by atoms with Crippen LogP contribution in [0.3, 0.4) is 0 Å². The number of hydrogen-bond donors (Lipinski definition) is 0. The summed E-state index contributed by atoms with van der Waals surface area (Å²) in [5, 5.41) is 0. The molecule has 4 heteroatoms. The average Bonchev–Trinajstić information content (AvgIpc) is 2.96. The molecule has 1 heterocycles. The molecular weight excluding hydrogens is 276 g/mol. The normalized spacial score (nSPS) is 15.9. The minimum Gasteiger partial charge on any atom is -0.463 e. The van der Waals surface area contributed by atoms with E-state index in [0.717, 1.165) is 18.8 Å². The lowest BCUT2D eigenvalue weighted by Crippen LogP contribution is -2.24. The standard InChI is InChI=1S/C18H18N2O2/c1-14(21)16-7-9-17(10-8-16)19-18-20(11-12-22-18)13-15-5-3-2-4-6-15/h2-10H,11-13H2,1H3. The summed E-state index contributed by atoms with van der Waals surface area (Å²) in [5.41, 5.74) is 2.71. The fourth-order valence-electron chi connectivity index (χ4n) is 2.37.